The summed E-state index contributed by atoms with van der Waals surface area (Å²) in [6, 6.07) is 1.03. The van der Waals surface area contributed by atoms with Gasteiger partial charge in [0.1, 0.15) is 10.7 Å². The number of nitrogens with zero attached hydrogens (tertiary/aromatic N) is 2. The largest absolute Gasteiger partial charge is 0.316 e. The first-order valence-corrected chi connectivity index (χ1v) is 7.83. The first-order chi connectivity index (χ1) is 9.07. The molecule has 2 fully saturated rings. The van der Waals surface area contributed by atoms with E-state index in [1.807, 2.05) is 0 Å². The smallest absolute Gasteiger partial charge is 0.244 e. The van der Waals surface area contributed by atoms with Crippen LogP contribution in [-0.2, 0) is 10.0 Å². The second-order valence-corrected chi connectivity index (χ2v) is 7.11. The quantitative estimate of drug-likeness (QED) is 0.878. The maximum Gasteiger partial charge on any atom is 0.244 e. The number of sulfonamides is 1. The van der Waals surface area contributed by atoms with Crippen molar-refractivity contribution in [3.63, 3.8) is 0 Å². The average molecular weight is 322 g/mol. The van der Waals surface area contributed by atoms with Gasteiger partial charge in [-0.2, -0.15) is 4.31 Å². The van der Waals surface area contributed by atoms with E-state index in [2.05, 4.69) is 10.3 Å². The van der Waals surface area contributed by atoms with Crippen LogP contribution in [0, 0.1) is 17.7 Å². The highest BCUT2D eigenvalue weighted by Crippen LogP contribution is 2.29. The number of nitrogens with one attached hydrogen (secondary N) is 1. The van der Waals surface area contributed by atoms with Crippen LogP contribution in [0.25, 0.3) is 0 Å². The van der Waals surface area contributed by atoms with Gasteiger partial charge in [0.05, 0.1) is 6.20 Å². The lowest BCUT2D eigenvalue weighted by molar-refractivity contribution is 0.228. The van der Waals surface area contributed by atoms with Crippen molar-refractivity contribution in [3.8, 4) is 0 Å². The summed E-state index contributed by atoms with van der Waals surface area (Å²) in [5.41, 5.74) is 0. The molecule has 1 aromatic rings. The molecule has 0 bridgehead atoms. The van der Waals surface area contributed by atoms with Crippen molar-refractivity contribution in [3.05, 3.63) is 24.3 Å². The predicted molar refractivity (Wildman–Crippen MR) is 74.7 cm³/mol. The summed E-state index contributed by atoms with van der Waals surface area (Å²) in [5, 5.41) is 3.29. The molecule has 0 radical (unpaired) electrons. The van der Waals surface area contributed by atoms with Crippen LogP contribution in [-0.4, -0.2) is 43.9 Å². The topological polar surface area (TPSA) is 62.3 Å². The number of pyridine rings is 1. The summed E-state index contributed by atoms with van der Waals surface area (Å²) < 4.78 is 39.4. The molecule has 2 aliphatic heterocycles. The van der Waals surface area contributed by atoms with Gasteiger partial charge in [0.15, 0.2) is 0 Å². The molecule has 0 spiro atoms. The van der Waals surface area contributed by atoms with Crippen molar-refractivity contribution in [2.24, 2.45) is 11.8 Å². The third-order valence-corrected chi connectivity index (χ3v) is 5.82. The van der Waals surface area contributed by atoms with Crippen molar-refractivity contribution in [2.75, 3.05) is 26.2 Å². The molecule has 112 valence electrons. The molecule has 8 heteroatoms. The number of aromatic nitrogens is 1. The Morgan fingerprint density at radius 3 is 2.80 bits per heavy atom. The highest BCUT2D eigenvalue weighted by Gasteiger charge is 2.37. The maximum absolute atomic E-state index is 13.1. The first kappa shape index (κ1) is 15.6. The summed E-state index contributed by atoms with van der Waals surface area (Å²) in [7, 11) is -3.62. The van der Waals surface area contributed by atoms with Crippen molar-refractivity contribution in [1.29, 1.82) is 0 Å². The molecule has 5 nitrogen and oxygen atoms in total. The van der Waals surface area contributed by atoms with E-state index < -0.39 is 15.8 Å². The first-order valence-electron chi connectivity index (χ1n) is 6.39. The lowest BCUT2D eigenvalue weighted by atomic mass is 9.90. The molecule has 0 amide bonds. The van der Waals surface area contributed by atoms with Gasteiger partial charge in [-0.25, -0.2) is 12.8 Å². The van der Waals surface area contributed by atoms with Gasteiger partial charge in [0.25, 0.3) is 0 Å². The SMILES string of the molecule is Cl.O=S(=O)(c1cncc(F)c1)N1CCC2CNCC2C1. The Morgan fingerprint density at radius 1 is 1.30 bits per heavy atom. The molecule has 2 saturated heterocycles. The fourth-order valence-electron chi connectivity index (χ4n) is 2.90. The summed E-state index contributed by atoms with van der Waals surface area (Å²) >= 11 is 0. The minimum absolute atomic E-state index is 0. The van der Waals surface area contributed by atoms with Crippen LogP contribution in [0.1, 0.15) is 6.42 Å². The van der Waals surface area contributed by atoms with Crippen LogP contribution < -0.4 is 5.32 Å². The van der Waals surface area contributed by atoms with Gasteiger partial charge in [0.2, 0.25) is 10.0 Å². The Hall–Kier alpha value is -0.760. The third-order valence-electron chi connectivity index (χ3n) is 3.98. The van der Waals surface area contributed by atoms with E-state index in [1.165, 1.54) is 10.5 Å². The van der Waals surface area contributed by atoms with Gasteiger partial charge in [-0.1, -0.05) is 0 Å². The third kappa shape index (κ3) is 2.81. The number of fused-ring (bicyclic) bond motifs is 1. The molecule has 0 aliphatic carbocycles. The Kier molecular flexibility index (Phi) is 4.63. The van der Waals surface area contributed by atoms with Crippen molar-refractivity contribution >= 4 is 22.4 Å². The minimum atomic E-state index is -3.62. The Balaban J connectivity index is 0.00000147. The fourth-order valence-corrected chi connectivity index (χ4v) is 4.39. The molecule has 2 aliphatic rings. The second-order valence-electron chi connectivity index (χ2n) is 5.17. The van der Waals surface area contributed by atoms with E-state index in [0.717, 1.165) is 31.8 Å². The van der Waals surface area contributed by atoms with Crippen LogP contribution in [0.2, 0.25) is 0 Å². The van der Waals surface area contributed by atoms with Crippen LogP contribution in [0.5, 0.6) is 0 Å². The van der Waals surface area contributed by atoms with Gasteiger partial charge >= 0.3 is 0 Å². The normalized spacial score (nSPS) is 26.9. The molecule has 0 saturated carbocycles. The molecule has 2 unspecified atom stereocenters. The van der Waals surface area contributed by atoms with E-state index in [9.17, 15) is 12.8 Å². The van der Waals surface area contributed by atoms with Crippen LogP contribution in [0.3, 0.4) is 0 Å². The maximum atomic E-state index is 13.1. The molecular formula is C12H17ClFN3O2S. The zero-order valence-electron chi connectivity index (χ0n) is 10.8. The Morgan fingerprint density at radius 2 is 2.05 bits per heavy atom. The van der Waals surface area contributed by atoms with Gasteiger partial charge in [-0.15, -0.1) is 12.4 Å². The predicted octanol–water partition coefficient (Wildman–Crippen LogP) is 0.872. The monoisotopic (exact) mass is 321 g/mol. The lowest BCUT2D eigenvalue weighted by Crippen LogP contribution is -2.43. The van der Waals surface area contributed by atoms with Gasteiger partial charge < -0.3 is 5.32 Å². The standard InChI is InChI=1S/C12H16FN3O2S.ClH/c13-11-3-12(7-15-6-11)19(17,18)16-2-1-9-4-14-5-10(9)8-16;/h3,6-7,9-10,14H,1-2,4-5,8H2;1H. The van der Waals surface area contributed by atoms with Gasteiger partial charge in [-0.3, -0.25) is 4.98 Å². The van der Waals surface area contributed by atoms with Crippen molar-refractivity contribution in [1.82, 2.24) is 14.6 Å². The summed E-state index contributed by atoms with van der Waals surface area (Å²) in [4.78, 5) is 3.56. The van der Waals surface area contributed by atoms with Crippen LogP contribution >= 0.6 is 12.4 Å². The number of hydrogen-bond donors (Lipinski definition) is 1. The molecule has 2 atom stereocenters. The number of rotatable bonds is 2. The summed E-state index contributed by atoms with van der Waals surface area (Å²) in [5.74, 6) is 0.306. The zero-order chi connectivity index (χ0) is 13.5. The molecule has 3 heterocycles. The van der Waals surface area contributed by atoms with Gasteiger partial charge in [-0.05, 0) is 37.4 Å². The van der Waals surface area contributed by atoms with E-state index >= 15 is 0 Å². The fraction of sp³-hybridized carbons (Fsp3) is 0.583. The molecule has 3 rings (SSSR count). The van der Waals surface area contributed by atoms with E-state index in [4.69, 9.17) is 0 Å². The summed E-state index contributed by atoms with van der Waals surface area (Å²) in [6.45, 7) is 2.84. The molecule has 0 aromatic carbocycles. The van der Waals surface area contributed by atoms with Gasteiger partial charge in [0, 0.05) is 19.3 Å². The molecule has 20 heavy (non-hydrogen) atoms. The minimum Gasteiger partial charge on any atom is -0.316 e. The number of halogens is 2. The highest BCUT2D eigenvalue weighted by atomic mass is 35.5. The average Bonchev–Trinajstić information content (AvgIpc) is 2.85. The van der Waals surface area contributed by atoms with E-state index in [0.29, 0.717) is 24.9 Å². The van der Waals surface area contributed by atoms with Crippen LogP contribution in [0.4, 0.5) is 4.39 Å². The molecule has 1 N–H and O–H groups in total. The summed E-state index contributed by atoms with van der Waals surface area (Å²) in [6.07, 6.45) is 3.07. The Labute approximate surface area is 124 Å². The Bertz CT molecular complexity index is 584. The zero-order valence-corrected chi connectivity index (χ0v) is 12.5. The lowest BCUT2D eigenvalue weighted by Gasteiger charge is -2.33. The highest BCUT2D eigenvalue weighted by molar-refractivity contribution is 7.89. The van der Waals surface area contributed by atoms with E-state index in [1.54, 1.807) is 0 Å². The number of hydrogen-bond acceptors (Lipinski definition) is 4. The van der Waals surface area contributed by atoms with Crippen LogP contribution in [0.15, 0.2) is 23.4 Å². The molecular weight excluding hydrogens is 305 g/mol. The number of piperidine rings is 1. The van der Waals surface area contributed by atoms with E-state index in [-0.39, 0.29) is 17.3 Å². The van der Waals surface area contributed by atoms with Crippen molar-refractivity contribution in [2.45, 2.75) is 11.3 Å². The second kappa shape index (κ2) is 5.93. The molecule has 1 aromatic heterocycles. The van der Waals surface area contributed by atoms with Crippen molar-refractivity contribution < 1.29 is 12.8 Å².